The summed E-state index contributed by atoms with van der Waals surface area (Å²) in [6.07, 6.45) is 5.87. The summed E-state index contributed by atoms with van der Waals surface area (Å²) in [6, 6.07) is 8.73. The van der Waals surface area contributed by atoms with Crippen molar-refractivity contribution in [3.05, 3.63) is 81.5 Å². The van der Waals surface area contributed by atoms with E-state index in [9.17, 15) is 27.5 Å². The van der Waals surface area contributed by atoms with Crippen LogP contribution < -0.4 is 11.5 Å². The van der Waals surface area contributed by atoms with Gasteiger partial charge in [0.05, 0.1) is 17.3 Å². The third-order valence-electron chi connectivity index (χ3n) is 7.18. The van der Waals surface area contributed by atoms with Gasteiger partial charge < -0.3 is 20.2 Å². The molecule has 1 atom stereocenters. The smallest absolute Gasteiger partial charge is 0.419 e. The lowest BCUT2D eigenvalue weighted by Gasteiger charge is -2.13. The molecule has 0 saturated heterocycles. The number of H-pyrrole nitrogens is 1. The summed E-state index contributed by atoms with van der Waals surface area (Å²) in [4.78, 5) is 27.8. The molecular formula is C27H28FN3O6S. The normalized spacial score (nSPS) is 15.6. The van der Waals surface area contributed by atoms with Crippen LogP contribution in [0.4, 0.5) is 4.39 Å². The highest BCUT2D eigenvalue weighted by molar-refractivity contribution is 7.89. The molecule has 1 aliphatic rings. The average molecular weight is 542 g/mol. The summed E-state index contributed by atoms with van der Waals surface area (Å²) in [5, 5.41) is 10.5. The highest BCUT2D eigenvalue weighted by Gasteiger charge is 2.37. The van der Waals surface area contributed by atoms with Crippen LogP contribution in [0.3, 0.4) is 0 Å². The number of nitrogens with zero attached hydrogens (tertiary/aromatic N) is 1. The number of oxazole rings is 1. The van der Waals surface area contributed by atoms with Crippen LogP contribution in [0.25, 0.3) is 22.0 Å². The molecule has 0 amide bonds. The third-order valence-corrected chi connectivity index (χ3v) is 8.02. The topological polar surface area (TPSA) is 148 Å². The van der Waals surface area contributed by atoms with Gasteiger partial charge in [0.15, 0.2) is 9.84 Å². The summed E-state index contributed by atoms with van der Waals surface area (Å²) >= 11 is 0. The number of nitrogens with one attached hydrogen (secondary N) is 1. The molecule has 1 saturated carbocycles. The van der Waals surface area contributed by atoms with Gasteiger partial charge in [-0.15, -0.1) is 0 Å². The van der Waals surface area contributed by atoms with Gasteiger partial charge in [0.25, 0.3) is 0 Å². The standard InChI is InChI=1S/C27H28FN3O6S/c1-15(31-13-18(37-26(31)34)8-9-27(29)10-11-27)19-4-3-5-20-22(24(25(32)33)30-23(19)20)16-6-7-17(21(28)12-16)14-38(2,35)36/h3-7,12-13,15,30H,8-11,14,29H2,1-2H3,(H,32,33)/t15-/m0/s1. The predicted octanol–water partition coefficient (Wildman–Crippen LogP) is 4.00. The number of carboxylic acids is 1. The molecular weight excluding hydrogens is 513 g/mol. The first-order valence-corrected chi connectivity index (χ1v) is 14.3. The molecule has 1 fully saturated rings. The van der Waals surface area contributed by atoms with Crippen molar-refractivity contribution in [2.24, 2.45) is 5.73 Å². The number of aromatic carboxylic acids is 1. The molecule has 0 aliphatic heterocycles. The Morgan fingerprint density at radius 2 is 2.03 bits per heavy atom. The maximum absolute atomic E-state index is 14.8. The van der Waals surface area contributed by atoms with Gasteiger partial charge in [0.2, 0.25) is 0 Å². The number of rotatable bonds is 9. The predicted molar refractivity (Wildman–Crippen MR) is 140 cm³/mol. The lowest BCUT2D eigenvalue weighted by molar-refractivity contribution is 0.0692. The van der Waals surface area contributed by atoms with Crippen LogP contribution in [0.5, 0.6) is 0 Å². The number of aromatic nitrogens is 2. The Kier molecular flexibility index (Phi) is 6.31. The van der Waals surface area contributed by atoms with Gasteiger partial charge in [-0.3, -0.25) is 4.57 Å². The van der Waals surface area contributed by atoms with Gasteiger partial charge in [-0.05, 0) is 43.4 Å². The van der Waals surface area contributed by atoms with E-state index in [0.717, 1.165) is 31.6 Å². The lowest BCUT2D eigenvalue weighted by atomic mass is 9.98. The van der Waals surface area contributed by atoms with Gasteiger partial charge in [0.1, 0.15) is 17.3 Å². The molecule has 0 spiro atoms. The number of benzene rings is 2. The van der Waals surface area contributed by atoms with E-state index in [2.05, 4.69) is 4.98 Å². The zero-order chi connectivity index (χ0) is 27.4. The molecule has 2 aromatic heterocycles. The fraction of sp³-hybridized carbons (Fsp3) is 0.333. The van der Waals surface area contributed by atoms with E-state index in [4.69, 9.17) is 10.2 Å². The SMILES string of the molecule is C[C@@H](c1cccc2c(-c3ccc(CS(C)(=O)=O)c(F)c3)c(C(=O)O)[nH]c12)n1cc(CCC2(N)CC2)oc1=O. The van der Waals surface area contributed by atoms with Gasteiger partial charge in [0, 0.05) is 40.9 Å². The number of aryl methyl sites for hydroxylation is 1. The highest BCUT2D eigenvalue weighted by Crippen LogP contribution is 2.38. The number of aromatic amines is 1. The summed E-state index contributed by atoms with van der Waals surface area (Å²) in [5.41, 5.74) is 7.53. The Morgan fingerprint density at radius 1 is 1.29 bits per heavy atom. The number of carboxylic acid groups (broad SMARTS) is 1. The minimum atomic E-state index is -3.46. The third kappa shape index (κ3) is 5.03. The lowest BCUT2D eigenvalue weighted by Crippen LogP contribution is -2.21. The molecule has 0 bridgehead atoms. The van der Waals surface area contributed by atoms with Gasteiger partial charge in [-0.25, -0.2) is 22.4 Å². The van der Waals surface area contributed by atoms with E-state index in [1.807, 2.05) is 0 Å². The number of nitrogens with two attached hydrogens (primary N) is 1. The van der Waals surface area contributed by atoms with Crippen LogP contribution in [-0.4, -0.2) is 40.8 Å². The van der Waals surface area contributed by atoms with E-state index in [-0.39, 0.29) is 27.9 Å². The van der Waals surface area contributed by atoms with Crippen LogP contribution in [0, 0.1) is 5.82 Å². The summed E-state index contributed by atoms with van der Waals surface area (Å²) in [5.74, 6) is -2.44. The molecule has 9 nitrogen and oxygen atoms in total. The number of hydrogen-bond donors (Lipinski definition) is 3. The maximum atomic E-state index is 14.8. The van der Waals surface area contributed by atoms with Crippen LogP contribution in [0.2, 0.25) is 0 Å². The van der Waals surface area contributed by atoms with Crippen LogP contribution in [-0.2, 0) is 22.0 Å². The Labute approximate surface area is 218 Å². The van der Waals surface area contributed by atoms with Crippen molar-refractivity contribution >= 4 is 26.7 Å². The van der Waals surface area contributed by atoms with E-state index < -0.39 is 39.2 Å². The molecule has 0 radical (unpaired) electrons. The molecule has 2 heterocycles. The van der Waals surface area contributed by atoms with E-state index in [1.54, 1.807) is 31.3 Å². The van der Waals surface area contributed by atoms with Gasteiger partial charge in [-0.1, -0.05) is 30.3 Å². The Bertz CT molecular complexity index is 1730. The number of sulfone groups is 1. The molecule has 0 unspecified atom stereocenters. The van der Waals surface area contributed by atoms with E-state index in [0.29, 0.717) is 28.6 Å². The largest absolute Gasteiger partial charge is 0.477 e. The number of para-hydroxylation sites is 1. The second kappa shape index (κ2) is 9.25. The average Bonchev–Trinajstić information content (AvgIpc) is 3.27. The zero-order valence-corrected chi connectivity index (χ0v) is 21.8. The molecule has 11 heteroatoms. The van der Waals surface area contributed by atoms with Crippen molar-refractivity contribution < 1.29 is 27.1 Å². The molecule has 5 rings (SSSR count). The second-order valence-electron chi connectivity index (χ2n) is 10.2. The zero-order valence-electron chi connectivity index (χ0n) is 21.0. The minimum Gasteiger partial charge on any atom is -0.477 e. The summed E-state index contributed by atoms with van der Waals surface area (Å²) < 4.78 is 45.0. The molecule has 200 valence electrons. The number of fused-ring (bicyclic) bond motifs is 1. The fourth-order valence-electron chi connectivity index (χ4n) is 4.87. The molecule has 4 N–H and O–H groups in total. The first kappa shape index (κ1) is 25.9. The molecule has 2 aromatic carbocycles. The first-order valence-electron chi connectivity index (χ1n) is 12.2. The van der Waals surface area contributed by atoms with Crippen LogP contribution in [0.15, 0.2) is 51.8 Å². The Morgan fingerprint density at radius 3 is 2.66 bits per heavy atom. The van der Waals surface area contributed by atoms with E-state index >= 15 is 0 Å². The summed E-state index contributed by atoms with van der Waals surface area (Å²) in [6.45, 7) is 1.81. The Balaban J connectivity index is 1.56. The number of carbonyl (C=O) groups is 1. The van der Waals surface area contributed by atoms with Crippen LogP contribution >= 0.6 is 0 Å². The summed E-state index contributed by atoms with van der Waals surface area (Å²) in [7, 11) is -3.46. The molecule has 38 heavy (non-hydrogen) atoms. The minimum absolute atomic E-state index is 0.000318. The van der Waals surface area contributed by atoms with Crippen molar-refractivity contribution in [1.29, 1.82) is 0 Å². The number of hydrogen-bond acceptors (Lipinski definition) is 6. The van der Waals surface area contributed by atoms with Gasteiger partial charge in [-0.2, -0.15) is 0 Å². The molecule has 1 aliphatic carbocycles. The highest BCUT2D eigenvalue weighted by atomic mass is 32.2. The number of halogens is 1. The van der Waals surface area contributed by atoms with Crippen molar-refractivity contribution in [3.8, 4) is 11.1 Å². The van der Waals surface area contributed by atoms with Crippen molar-refractivity contribution in [1.82, 2.24) is 9.55 Å². The molecule has 4 aromatic rings. The monoisotopic (exact) mass is 541 g/mol. The fourth-order valence-corrected chi connectivity index (χ4v) is 5.67. The van der Waals surface area contributed by atoms with Crippen molar-refractivity contribution in [3.63, 3.8) is 0 Å². The maximum Gasteiger partial charge on any atom is 0.419 e. The van der Waals surface area contributed by atoms with Gasteiger partial charge >= 0.3 is 11.7 Å². The van der Waals surface area contributed by atoms with Crippen LogP contribution in [0.1, 0.15) is 59.6 Å². The first-order chi connectivity index (χ1) is 17.8. The van der Waals surface area contributed by atoms with E-state index in [1.165, 1.54) is 16.7 Å². The van der Waals surface area contributed by atoms with Crippen molar-refractivity contribution in [2.45, 2.75) is 49.9 Å². The van der Waals surface area contributed by atoms with Crippen molar-refractivity contribution in [2.75, 3.05) is 6.26 Å². The second-order valence-corrected chi connectivity index (χ2v) is 12.4. The Hall–Kier alpha value is -3.70. The quantitative estimate of drug-likeness (QED) is 0.290.